The number of hydrogen-bond acceptors (Lipinski definition) is 2. The molecule has 1 unspecified atom stereocenters. The van der Waals surface area contributed by atoms with Crippen LogP contribution in [0.1, 0.15) is 392 Å². The number of phenolic OH excluding ortho intramolecular Hbond substituents is 1. The Balaban J connectivity index is -0.000000000247. The van der Waals surface area contributed by atoms with Gasteiger partial charge in [-0.1, -0.05) is 45.0 Å². The van der Waals surface area contributed by atoms with Gasteiger partial charge in [-0.25, -0.2) is 0 Å². The highest BCUT2D eigenvalue weighted by Gasteiger charge is 2.24. The fourth-order valence-electron chi connectivity index (χ4n) is 4.74. The summed E-state index contributed by atoms with van der Waals surface area (Å²) in [6.45, 7) is 21.2. The van der Waals surface area contributed by atoms with Gasteiger partial charge in [0, 0.05) is 316 Å². The van der Waals surface area contributed by atoms with Crippen molar-refractivity contribution >= 4 is 0 Å². The van der Waals surface area contributed by atoms with Gasteiger partial charge >= 0.3 is 0 Å². The van der Waals surface area contributed by atoms with E-state index in [9.17, 15) is 0 Å². The van der Waals surface area contributed by atoms with Crippen LogP contribution in [0.2, 0.25) is 0 Å². The predicted octanol–water partition coefficient (Wildman–Crippen LogP) is 57.9. The first-order valence-electron chi connectivity index (χ1n) is 12.1. The van der Waals surface area contributed by atoms with Crippen LogP contribution in [0.4, 0.5) is 0 Å². The number of nitrogens with zero attached hydrogens (tertiary/aromatic N) is 1. The van der Waals surface area contributed by atoms with Crippen molar-refractivity contribution in [1.29, 1.82) is 1.43 Å². The van der Waals surface area contributed by atoms with E-state index in [4.69, 9.17) is 6.54 Å². The fraction of sp³-hybridized carbons (Fsp3) is 0.571. The Morgan fingerprint density at radius 3 is 2.23 bits per heavy atom. The van der Waals surface area contributed by atoms with E-state index in [2.05, 4.69) is 97.5 Å². The standard InChI is InChI=1S/C28H43NO.205H2/c1-10-22(8)29(19(4)5)15-14-25(24-13-11-12-20(6)23(24)9)27-17-26(18(2)3)21(7)16-28(27)30;;;;;;;;;;;;;;;;;;;;;;;;;;;;;;;;;;;;;;;;;;;;;;;;;;;;;;;;;;;;;;;;;;;;;;;;;;;;;;;;;;;;;;;;;;;;;;;;;;;;;;;;;;;;;;;;;;;;;;;;;;;;;;;;;;;;;;;;;;;;;;;;;;;;;;;;;;;;;;;;;;;;;;;;;;;;;;;;;;;;;;;;;;;;;;;;;;;;;;;;;;;;;/h11-13,16-19,22,25,30H,10,14-15H2,1-9H3;205*1H/t22?,25-;;;;;;;;;;;;;;;;;;;;;;;;;;;;;;;;;;;;;;;;;;;;;;;;;;;;;;;;;;;;;;;;;;;;;;;;;;;;;;;;;;;;;;;;;;;;;;;;;;;;;;;;;;;;;;;;;;;;;;;;;;;;;;;;;;;;;;;;;;;;;;;;;;;;;;;;;;;;;;;;;;;;;;;;;;;;;;;;;;;;;;;;;;;;;;;;;;;;;;;;;;;;;/m1............................................................................................................................................................................................................./s1/i/hD. The van der Waals surface area contributed by atoms with Crippen LogP contribution in [0, 0.1) is 20.8 Å². The van der Waals surface area contributed by atoms with Crippen LogP contribution in [0.5, 0.6) is 5.75 Å². The van der Waals surface area contributed by atoms with Crippen LogP contribution in [0.3, 0.4) is 0 Å². The molecule has 0 aliphatic heterocycles. The Morgan fingerprint density at radius 1 is 0.967 bits per heavy atom. The second kappa shape index (κ2) is 10.5. The van der Waals surface area contributed by atoms with Crippen molar-refractivity contribution in [3.05, 3.63) is 63.7 Å². The van der Waals surface area contributed by atoms with Gasteiger partial charge in [0.25, 0.3) is 1.43 Å². The number of phenols is 1. The summed E-state index contributed by atoms with van der Waals surface area (Å²) in [6, 6.07) is 12.0. The maximum atomic E-state index is 7.78. The maximum absolute atomic E-state index is 7.78. The largest absolute Gasteiger partial charge is 0.508 e. The Bertz CT molecular complexity index is 982. The third kappa shape index (κ3) is 5.46. The molecule has 0 radical (unpaired) electrons. The molecule has 0 aliphatic rings. The number of benzene rings is 2. The van der Waals surface area contributed by atoms with Gasteiger partial charge in [-0.3, -0.25) is 4.90 Å². The number of aromatic hydroxyl groups is 1. The van der Waals surface area contributed by atoms with Gasteiger partial charge in [0.15, 0.2) is 0 Å². The highest BCUT2D eigenvalue weighted by Crippen LogP contribution is 2.39. The summed E-state index contributed by atoms with van der Waals surface area (Å²) in [4.78, 5) is 2.61. The normalized spacial score (nSPS) is 14.3. The van der Waals surface area contributed by atoms with Crippen LogP contribution < -0.4 is 0 Å². The average Bonchev–Trinajstić information content (AvgIpc) is 2.72. The van der Waals surface area contributed by atoms with E-state index in [1.165, 1.54) is 27.8 Å². The van der Waals surface area contributed by atoms with Crippen molar-refractivity contribution in [2.75, 3.05) is 6.54 Å². The summed E-state index contributed by atoms with van der Waals surface area (Å²) in [7, 11) is 0. The topological polar surface area (TPSA) is 23.5 Å². The molecule has 0 aliphatic carbocycles. The Hall–Kier alpha value is -1.80. The van der Waals surface area contributed by atoms with Crippen LogP contribution in [-0.4, -0.2) is 30.1 Å². The first-order chi connectivity index (χ1) is 14.6. The molecule has 0 bridgehead atoms. The van der Waals surface area contributed by atoms with E-state index < -0.39 is 0 Å². The average molecular weight is 824 g/mol. The zero-order chi connectivity index (χ0) is 23.3. The molecule has 30 heavy (non-hydrogen) atoms. The van der Waals surface area contributed by atoms with E-state index in [0.29, 0.717) is 23.8 Å². The minimum atomic E-state index is 0. The number of aryl methyl sites for hydroxylation is 2. The van der Waals surface area contributed by atoms with Gasteiger partial charge in [-0.05, 0) is 101 Å². The molecule has 0 amide bonds. The quantitative estimate of drug-likeness (QED) is 0.258. The molecule has 0 aromatic heterocycles. The van der Waals surface area contributed by atoms with Crippen molar-refractivity contribution in [1.82, 2.24) is 4.90 Å². The molecule has 0 fully saturated rings. The first kappa shape index (κ1) is 22.9. The minimum Gasteiger partial charge on any atom is -0.508 e. The number of hydrogen-bond donors (Lipinski definition) is 1. The van der Waals surface area contributed by atoms with E-state index in [0.717, 1.165) is 24.9 Å². The van der Waals surface area contributed by atoms with Crippen LogP contribution >= 0.6 is 0 Å². The highest BCUT2D eigenvalue weighted by atomic mass is 16.3. The Kier molecular flexibility index (Phi) is 7.99. The number of rotatable bonds is 10. The van der Waals surface area contributed by atoms with Crippen molar-refractivity contribution < 1.29 is 298 Å². The monoisotopic (exact) mass is 824 g/mol. The molecule has 2 aromatic carbocycles. The fourth-order valence-corrected chi connectivity index (χ4v) is 4.74. The van der Waals surface area contributed by atoms with Gasteiger partial charge < -0.3 is 5.11 Å². The summed E-state index contributed by atoms with van der Waals surface area (Å²) in [6.07, 6.45) is 2.15. The molecule has 0 heterocycles. The Labute approximate surface area is 491 Å². The van der Waals surface area contributed by atoms with Crippen molar-refractivity contribution in [2.24, 2.45) is 0 Å². The van der Waals surface area contributed by atoms with Crippen molar-refractivity contribution in [3.63, 3.8) is 0 Å². The minimum absolute atomic E-state index is 0. The Morgan fingerprint density at radius 2 is 1.67 bits per heavy atom. The summed E-state index contributed by atoms with van der Waals surface area (Å²) in [5.74, 6) is 1.32. The van der Waals surface area contributed by atoms with Crippen LogP contribution in [-0.2, 0) is 0 Å². The lowest BCUT2D eigenvalue weighted by Crippen LogP contribution is -2.39. The molecular weight excluding hydrogens is 366 g/mol. The van der Waals surface area contributed by atoms with Gasteiger partial charge in [-0.15, -0.1) is 0 Å². The summed E-state index contributed by atoms with van der Waals surface area (Å²) >= 11 is 0. The van der Waals surface area contributed by atoms with Gasteiger partial charge in [-0.2, -0.15) is 0 Å². The SMILES string of the molecule is [2H]Oc1cc(C)c(C(C)C)cc1[C@H](CCN(C(C)C)C(C)CC)c1cccc(C)c1C.[HH].[HH].[HH].[HH].[HH].[HH].[HH].[HH].[HH].[HH].[HH].[HH].[HH].[HH].[HH].[HH].[HH].[HH].[HH].[HH].[HH].[HH].[HH].[HH].[HH].[HH].[HH].[HH].[HH].[HH].[HH].[HH].[HH].[HH].[HH].[HH].[HH].[HH].[HH].[HH].[HH].[HH].[HH].[HH].[HH].[HH].[HH].[HH].[HH].[HH].[HH].[HH].[HH].[HH].[HH].[HH].[HH].[HH].[HH].[HH].[HH].[HH].[HH].[HH].[HH].[HH].[HH].[HH].[HH].[HH].[HH].[HH].[HH].[HH].[HH].[HH].[HH].[HH].[HH].[HH].[HH].[HH].[HH].[HH].[HH].[HH].[HH].[HH].[HH].[HH].[HH].[HH].[HH].[HH].[HH].[HH].[HH].[HH].[HH].[HH].[HH].[HH].[HH].[HH].[HH].[HH].[HH].[HH].[HH].[HH].[HH].[HH].[HH].[HH].[HH].[HH].[HH].[HH].[HH].[HH].[HH].[HH].[HH].[HH].[HH].[HH].[HH].[HH].[HH].[HH].[HH].[HH].[HH].[HH].[HH].[HH].[HH].[HH].[HH].[HH].[HH].[HH].[HH].[HH].[HH].[HH].[HH].[HH].[HH].[HH].[HH].[HH].[HH].[HH].[HH].[HH].[HH].[HH].[HH].[HH].[HH].[HH].[HH].[HH].[HH].[HH].[HH].[HH].[HH].[HH].[HH].[HH].[HH].[HH].[HH].[HH].[HH].[HH].[HH].[HH].[HH].[HH].[HH].[HH].[HH].[HH].[HH].[HH].[HH].[HH].[HH].[HH].[HH].[HH].[HH].[HH].[HH].[HH].[HH].[HH].[HH].[HH].[HH].[HH].[HH]. The summed E-state index contributed by atoms with van der Waals surface area (Å²) < 4.78 is 7.78. The molecule has 0 saturated heterocycles. The predicted molar refractivity (Wildman–Crippen MR) is 564 cm³/mol. The van der Waals surface area contributed by atoms with Crippen LogP contribution in [0.25, 0.3) is 0 Å². The first-order valence-corrected chi connectivity index (χ1v) is 11.7. The van der Waals surface area contributed by atoms with Gasteiger partial charge in [0.05, 0.1) is 0 Å². The van der Waals surface area contributed by atoms with Crippen molar-refractivity contribution in [2.45, 2.75) is 99.1 Å². The molecule has 0 spiro atoms. The van der Waals surface area contributed by atoms with E-state index in [-0.39, 0.29) is 298 Å². The zero-order valence-electron chi connectivity index (χ0n) is 21.7. The van der Waals surface area contributed by atoms with E-state index in [1.54, 1.807) is 0 Å². The zero-order valence-corrected chi connectivity index (χ0v) is 20.7. The second-order valence-electron chi connectivity index (χ2n) is 9.62. The van der Waals surface area contributed by atoms with E-state index >= 15 is 0 Å². The maximum Gasteiger partial charge on any atom is 0.293 e. The second-order valence-corrected chi connectivity index (χ2v) is 9.62. The smallest absolute Gasteiger partial charge is 0.293 e. The summed E-state index contributed by atoms with van der Waals surface area (Å²) in [5.41, 5.74) is 7.69. The lowest BCUT2D eigenvalue weighted by atomic mass is 9.82. The molecular formula is C28H453NO. The molecule has 2 atom stereocenters. The van der Waals surface area contributed by atoms with Gasteiger partial charge in [0.1, 0.15) is 5.75 Å². The molecule has 2 aromatic rings. The summed E-state index contributed by atoms with van der Waals surface area (Å²) in [5, 5.41) is 5.19. The molecule has 2 heteroatoms. The highest BCUT2D eigenvalue weighted by molar-refractivity contribution is 5.50. The third-order valence-electron chi connectivity index (χ3n) is 6.91. The van der Waals surface area contributed by atoms with Gasteiger partial charge in [0.2, 0.25) is 0 Å². The van der Waals surface area contributed by atoms with E-state index in [1.807, 2.05) is 0 Å². The lowest BCUT2D eigenvalue weighted by Gasteiger charge is -2.34. The molecule has 576 valence electrons. The molecule has 2 nitrogen and oxygen atoms in total. The molecule has 1 N–H and O–H groups in total. The molecule has 2 rings (SSSR count). The van der Waals surface area contributed by atoms with Crippen molar-refractivity contribution in [3.8, 4) is 5.75 Å². The molecule has 0 saturated carbocycles. The van der Waals surface area contributed by atoms with Crippen LogP contribution in [0.15, 0.2) is 30.3 Å². The third-order valence-corrected chi connectivity index (χ3v) is 6.91. The lowest BCUT2D eigenvalue weighted by molar-refractivity contribution is 0.156.